The van der Waals surface area contributed by atoms with Crippen molar-refractivity contribution < 1.29 is 4.92 Å². The van der Waals surface area contributed by atoms with Gasteiger partial charge < -0.3 is 0 Å². The minimum atomic E-state index is -0.434. The Morgan fingerprint density at radius 2 is 1.89 bits per heavy atom. The van der Waals surface area contributed by atoms with Crippen LogP contribution in [0.3, 0.4) is 0 Å². The standard InChI is InChI=1S/C14H14N2O2/c1-2-11-5-3-4-6-12(11)9-13-7-8-14(10-15-13)16(17)18/h3-8,10H,2,9H2,1H3. The Bertz CT molecular complexity index is 550. The molecule has 0 saturated heterocycles. The third-order valence-corrected chi connectivity index (χ3v) is 2.89. The molecule has 0 fully saturated rings. The summed E-state index contributed by atoms with van der Waals surface area (Å²) >= 11 is 0. The first kappa shape index (κ1) is 12.2. The van der Waals surface area contributed by atoms with Gasteiger partial charge in [0.05, 0.1) is 4.92 Å². The van der Waals surface area contributed by atoms with E-state index in [0.717, 1.165) is 12.1 Å². The second kappa shape index (κ2) is 5.40. The SMILES string of the molecule is CCc1ccccc1Cc1ccc([N+](=O)[O-])cn1. The molecule has 2 aromatic rings. The molecule has 4 nitrogen and oxygen atoms in total. The van der Waals surface area contributed by atoms with Gasteiger partial charge in [0.2, 0.25) is 0 Å². The van der Waals surface area contributed by atoms with E-state index in [-0.39, 0.29) is 5.69 Å². The van der Waals surface area contributed by atoms with Gasteiger partial charge >= 0.3 is 0 Å². The lowest BCUT2D eigenvalue weighted by atomic mass is 10.0. The molecular weight excluding hydrogens is 228 g/mol. The number of hydrogen-bond acceptors (Lipinski definition) is 3. The van der Waals surface area contributed by atoms with Crippen molar-refractivity contribution in [3.8, 4) is 0 Å². The van der Waals surface area contributed by atoms with Gasteiger partial charge in [0.1, 0.15) is 6.20 Å². The highest BCUT2D eigenvalue weighted by molar-refractivity contribution is 5.33. The van der Waals surface area contributed by atoms with Crippen LogP contribution in [-0.4, -0.2) is 9.91 Å². The highest BCUT2D eigenvalue weighted by atomic mass is 16.6. The molecule has 1 aromatic carbocycles. The lowest BCUT2D eigenvalue weighted by Crippen LogP contribution is -1.97. The number of hydrogen-bond donors (Lipinski definition) is 0. The number of nitrogens with zero attached hydrogens (tertiary/aromatic N) is 2. The lowest BCUT2D eigenvalue weighted by molar-refractivity contribution is -0.385. The molecule has 0 saturated carbocycles. The van der Waals surface area contributed by atoms with E-state index < -0.39 is 4.92 Å². The summed E-state index contributed by atoms with van der Waals surface area (Å²) < 4.78 is 0. The minimum absolute atomic E-state index is 0.0301. The van der Waals surface area contributed by atoms with Gasteiger partial charge in [-0.05, 0) is 23.6 Å². The Balaban J connectivity index is 2.21. The maximum atomic E-state index is 10.5. The van der Waals surface area contributed by atoms with E-state index in [0.29, 0.717) is 6.42 Å². The molecule has 2 rings (SSSR count). The van der Waals surface area contributed by atoms with Gasteiger partial charge in [0.25, 0.3) is 5.69 Å². The lowest BCUT2D eigenvalue weighted by Gasteiger charge is -2.06. The summed E-state index contributed by atoms with van der Waals surface area (Å²) in [4.78, 5) is 14.2. The minimum Gasteiger partial charge on any atom is -0.258 e. The van der Waals surface area contributed by atoms with E-state index in [1.165, 1.54) is 23.4 Å². The predicted octanol–water partition coefficient (Wildman–Crippen LogP) is 3.14. The van der Waals surface area contributed by atoms with Crippen molar-refractivity contribution in [2.24, 2.45) is 0 Å². The molecule has 0 atom stereocenters. The van der Waals surface area contributed by atoms with Gasteiger partial charge in [0.15, 0.2) is 0 Å². The van der Waals surface area contributed by atoms with Crippen LogP contribution in [0.4, 0.5) is 5.69 Å². The molecule has 0 spiro atoms. The second-order valence-corrected chi connectivity index (χ2v) is 4.06. The third-order valence-electron chi connectivity index (χ3n) is 2.89. The zero-order valence-corrected chi connectivity index (χ0v) is 10.2. The average molecular weight is 242 g/mol. The van der Waals surface area contributed by atoms with Crippen LogP contribution in [-0.2, 0) is 12.8 Å². The summed E-state index contributed by atoms with van der Waals surface area (Å²) in [6, 6.07) is 11.4. The van der Waals surface area contributed by atoms with E-state index in [9.17, 15) is 10.1 Å². The zero-order chi connectivity index (χ0) is 13.0. The molecule has 1 aromatic heterocycles. The third kappa shape index (κ3) is 2.71. The molecule has 0 radical (unpaired) electrons. The Morgan fingerprint density at radius 1 is 1.17 bits per heavy atom. The van der Waals surface area contributed by atoms with Crippen LogP contribution in [0, 0.1) is 10.1 Å². The molecule has 4 heteroatoms. The summed E-state index contributed by atoms with van der Waals surface area (Å²) in [6.07, 6.45) is 3.00. The van der Waals surface area contributed by atoms with Gasteiger partial charge in [0, 0.05) is 18.2 Å². The second-order valence-electron chi connectivity index (χ2n) is 4.06. The molecular formula is C14H14N2O2. The first-order chi connectivity index (χ1) is 8.70. The summed E-state index contributed by atoms with van der Waals surface area (Å²) in [5.74, 6) is 0. The van der Waals surface area contributed by atoms with Crippen molar-refractivity contribution in [2.75, 3.05) is 0 Å². The quantitative estimate of drug-likeness (QED) is 0.611. The van der Waals surface area contributed by atoms with Gasteiger partial charge in [-0.25, -0.2) is 0 Å². The van der Waals surface area contributed by atoms with Gasteiger partial charge in [-0.2, -0.15) is 0 Å². The van der Waals surface area contributed by atoms with E-state index in [2.05, 4.69) is 24.0 Å². The number of aromatic nitrogens is 1. The molecule has 0 amide bonds. The average Bonchev–Trinajstić information content (AvgIpc) is 2.40. The highest BCUT2D eigenvalue weighted by Crippen LogP contribution is 2.15. The molecule has 92 valence electrons. The van der Waals surface area contributed by atoms with Crippen molar-refractivity contribution in [3.63, 3.8) is 0 Å². The topological polar surface area (TPSA) is 56.0 Å². The summed E-state index contributed by atoms with van der Waals surface area (Å²) in [5.41, 5.74) is 3.39. The van der Waals surface area contributed by atoms with Crippen LogP contribution in [0.2, 0.25) is 0 Å². The van der Waals surface area contributed by atoms with Gasteiger partial charge in [-0.1, -0.05) is 31.2 Å². The van der Waals surface area contributed by atoms with Crippen molar-refractivity contribution in [1.29, 1.82) is 0 Å². The first-order valence-corrected chi connectivity index (χ1v) is 5.87. The fourth-order valence-corrected chi connectivity index (χ4v) is 1.90. The summed E-state index contributed by atoms with van der Waals surface area (Å²) in [6.45, 7) is 2.11. The van der Waals surface area contributed by atoms with Crippen LogP contribution < -0.4 is 0 Å². The number of rotatable bonds is 4. The largest absolute Gasteiger partial charge is 0.287 e. The maximum absolute atomic E-state index is 10.5. The van der Waals surface area contributed by atoms with E-state index in [1.54, 1.807) is 6.07 Å². The number of benzene rings is 1. The zero-order valence-electron chi connectivity index (χ0n) is 10.2. The molecule has 0 aliphatic heterocycles. The van der Waals surface area contributed by atoms with Gasteiger partial charge in [-0.15, -0.1) is 0 Å². The molecule has 18 heavy (non-hydrogen) atoms. The molecule has 0 unspecified atom stereocenters. The number of nitro groups is 1. The van der Waals surface area contributed by atoms with Crippen molar-refractivity contribution in [2.45, 2.75) is 19.8 Å². The monoisotopic (exact) mass is 242 g/mol. The smallest absolute Gasteiger partial charge is 0.258 e. The Morgan fingerprint density at radius 3 is 2.44 bits per heavy atom. The molecule has 0 bridgehead atoms. The van der Waals surface area contributed by atoms with Crippen LogP contribution in [0.15, 0.2) is 42.6 Å². The predicted molar refractivity (Wildman–Crippen MR) is 69.5 cm³/mol. The Kier molecular flexibility index (Phi) is 3.67. The molecule has 0 aliphatic carbocycles. The van der Waals surface area contributed by atoms with E-state index >= 15 is 0 Å². The highest BCUT2D eigenvalue weighted by Gasteiger charge is 2.07. The van der Waals surface area contributed by atoms with E-state index in [4.69, 9.17) is 0 Å². The van der Waals surface area contributed by atoms with Crippen LogP contribution >= 0.6 is 0 Å². The van der Waals surface area contributed by atoms with Crippen LogP contribution in [0.5, 0.6) is 0 Å². The van der Waals surface area contributed by atoms with E-state index in [1.807, 2.05) is 12.1 Å². The Labute approximate surface area is 105 Å². The Hall–Kier alpha value is -2.23. The molecule has 0 aliphatic rings. The van der Waals surface area contributed by atoms with Crippen LogP contribution in [0.25, 0.3) is 0 Å². The number of aryl methyl sites for hydroxylation is 1. The molecule has 1 heterocycles. The van der Waals surface area contributed by atoms with Crippen molar-refractivity contribution in [3.05, 3.63) is 69.5 Å². The van der Waals surface area contributed by atoms with Crippen molar-refractivity contribution >= 4 is 5.69 Å². The normalized spacial score (nSPS) is 10.3. The molecule has 0 N–H and O–H groups in total. The fourth-order valence-electron chi connectivity index (χ4n) is 1.90. The summed E-state index contributed by atoms with van der Waals surface area (Å²) in [5, 5.41) is 10.5. The maximum Gasteiger partial charge on any atom is 0.287 e. The van der Waals surface area contributed by atoms with Crippen molar-refractivity contribution in [1.82, 2.24) is 4.98 Å². The van der Waals surface area contributed by atoms with Crippen LogP contribution in [0.1, 0.15) is 23.7 Å². The summed E-state index contributed by atoms with van der Waals surface area (Å²) in [7, 11) is 0. The fraction of sp³-hybridized carbons (Fsp3) is 0.214. The first-order valence-electron chi connectivity index (χ1n) is 5.87. The van der Waals surface area contributed by atoms with Gasteiger partial charge in [-0.3, -0.25) is 15.1 Å². The number of pyridine rings is 1.